The molecule has 0 aliphatic heterocycles. The van der Waals surface area contributed by atoms with Gasteiger partial charge >= 0.3 is 0 Å². The van der Waals surface area contributed by atoms with E-state index < -0.39 is 6.67 Å². The smallest absolute Gasteiger partial charge is 0.230 e. The molecule has 4 rings (SSSR count). The van der Waals surface area contributed by atoms with Gasteiger partial charge in [-0.05, 0) is 54.7 Å². The van der Waals surface area contributed by atoms with Gasteiger partial charge < -0.3 is 15.4 Å². The molecule has 0 spiro atoms. The molecular formula is C28H29FN6O3S. The maximum Gasteiger partial charge on any atom is 0.230 e. The molecule has 0 aliphatic carbocycles. The fraction of sp³-hybridized carbons (Fsp3) is 0.286. The standard InChI is InChI=1S/C28H29FN6O3S/c29-15-16-38-23-11-6-9-21(17-23)19-25(36)30-24-14-13-22(32-33-24)10-4-5-12-27-34-35-28(39-27)31-26(37)18-20-7-2-1-3-8-20/h1-3,6-9,11,13-14,17H,4-5,10,12,15-16,18-19H2,(H,30,33,36)(H,31,35,37). The molecule has 2 N–H and O–H groups in total. The number of halogens is 1. The van der Waals surface area contributed by atoms with Crippen LogP contribution in [0.25, 0.3) is 0 Å². The number of rotatable bonds is 14. The van der Waals surface area contributed by atoms with Crippen molar-refractivity contribution in [1.29, 1.82) is 0 Å². The number of benzene rings is 2. The normalized spacial score (nSPS) is 10.7. The van der Waals surface area contributed by atoms with Gasteiger partial charge in [-0.2, -0.15) is 5.10 Å². The summed E-state index contributed by atoms with van der Waals surface area (Å²) in [5, 5.41) is 23.5. The summed E-state index contributed by atoms with van der Waals surface area (Å²) in [6.45, 7) is -0.587. The second-order valence-corrected chi connectivity index (χ2v) is 9.80. The number of carbonyl (C=O) groups is 2. The molecule has 0 saturated carbocycles. The monoisotopic (exact) mass is 548 g/mol. The molecule has 4 aromatic rings. The Morgan fingerprint density at radius 1 is 0.795 bits per heavy atom. The Balaban J connectivity index is 1.14. The van der Waals surface area contributed by atoms with E-state index in [1.165, 1.54) is 11.3 Å². The number of hydrogen-bond acceptors (Lipinski definition) is 8. The minimum Gasteiger partial charge on any atom is -0.491 e. The summed E-state index contributed by atoms with van der Waals surface area (Å²) in [6.07, 6.45) is 3.71. The van der Waals surface area contributed by atoms with Crippen molar-refractivity contribution >= 4 is 34.1 Å². The predicted octanol–water partition coefficient (Wildman–Crippen LogP) is 4.60. The SMILES string of the molecule is O=C(Cc1cccc(OCCF)c1)Nc1ccc(CCCCc2nnc(NC(=O)Cc3ccccc3)s2)nn1. The Morgan fingerprint density at radius 2 is 1.56 bits per heavy atom. The van der Waals surface area contributed by atoms with Crippen molar-refractivity contribution in [3.8, 4) is 5.75 Å². The second-order valence-electron chi connectivity index (χ2n) is 8.74. The van der Waals surface area contributed by atoms with Gasteiger partial charge in [0.25, 0.3) is 0 Å². The quantitative estimate of drug-likeness (QED) is 0.221. The molecule has 39 heavy (non-hydrogen) atoms. The van der Waals surface area contributed by atoms with Crippen molar-refractivity contribution in [1.82, 2.24) is 20.4 Å². The first kappa shape index (κ1) is 27.8. The van der Waals surface area contributed by atoms with E-state index >= 15 is 0 Å². The Morgan fingerprint density at radius 3 is 2.36 bits per heavy atom. The summed E-state index contributed by atoms with van der Waals surface area (Å²) in [6, 6.07) is 20.1. The fourth-order valence-corrected chi connectivity index (χ4v) is 4.56. The number of aryl methyl sites for hydroxylation is 2. The summed E-state index contributed by atoms with van der Waals surface area (Å²) in [7, 11) is 0. The number of nitrogens with one attached hydrogen (secondary N) is 2. The van der Waals surface area contributed by atoms with Crippen molar-refractivity contribution in [2.45, 2.75) is 38.5 Å². The van der Waals surface area contributed by atoms with E-state index in [9.17, 15) is 14.0 Å². The number of carbonyl (C=O) groups excluding carboxylic acids is 2. The van der Waals surface area contributed by atoms with Gasteiger partial charge in [0.15, 0.2) is 5.82 Å². The highest BCUT2D eigenvalue weighted by Crippen LogP contribution is 2.18. The molecule has 202 valence electrons. The van der Waals surface area contributed by atoms with Gasteiger partial charge in [0.1, 0.15) is 24.0 Å². The van der Waals surface area contributed by atoms with Crippen molar-refractivity contribution < 1.29 is 18.7 Å². The first-order valence-corrected chi connectivity index (χ1v) is 13.5. The van der Waals surface area contributed by atoms with Crippen molar-refractivity contribution in [2.24, 2.45) is 0 Å². The molecule has 0 aliphatic rings. The average Bonchev–Trinajstić information content (AvgIpc) is 3.38. The Labute approximate surface area is 229 Å². The molecule has 9 nitrogen and oxygen atoms in total. The number of amides is 2. The Bertz CT molecular complexity index is 1350. The van der Waals surface area contributed by atoms with E-state index in [4.69, 9.17) is 4.74 Å². The zero-order valence-corrected chi connectivity index (χ0v) is 22.1. The summed E-state index contributed by atoms with van der Waals surface area (Å²) in [5.74, 6) is 0.562. The van der Waals surface area contributed by atoms with Crippen molar-refractivity contribution in [2.75, 3.05) is 23.9 Å². The second kappa shape index (κ2) is 14.6. The Hall–Kier alpha value is -4.25. The summed E-state index contributed by atoms with van der Waals surface area (Å²) in [4.78, 5) is 24.6. The van der Waals surface area contributed by atoms with Crippen molar-refractivity contribution in [3.63, 3.8) is 0 Å². The van der Waals surface area contributed by atoms with Crippen LogP contribution in [-0.2, 0) is 35.3 Å². The number of alkyl halides is 1. The van der Waals surface area contributed by atoms with E-state index in [0.717, 1.165) is 47.5 Å². The third-order valence-corrected chi connectivity index (χ3v) is 6.49. The van der Waals surface area contributed by atoms with Gasteiger partial charge in [0, 0.05) is 6.42 Å². The lowest BCUT2D eigenvalue weighted by Crippen LogP contribution is -2.16. The molecule has 0 atom stereocenters. The van der Waals surface area contributed by atoms with Gasteiger partial charge in [-0.3, -0.25) is 9.59 Å². The lowest BCUT2D eigenvalue weighted by molar-refractivity contribution is -0.116. The molecule has 0 fully saturated rings. The van der Waals surface area contributed by atoms with E-state index in [-0.39, 0.29) is 24.8 Å². The van der Waals surface area contributed by atoms with Crippen LogP contribution in [0.15, 0.2) is 66.7 Å². The van der Waals surface area contributed by atoms with Crippen LogP contribution in [0.2, 0.25) is 0 Å². The van der Waals surface area contributed by atoms with E-state index in [1.807, 2.05) is 36.4 Å². The maximum absolute atomic E-state index is 12.4. The fourth-order valence-electron chi connectivity index (χ4n) is 3.77. The highest BCUT2D eigenvalue weighted by atomic mass is 32.1. The molecule has 11 heteroatoms. The third kappa shape index (κ3) is 9.53. The first-order valence-electron chi connectivity index (χ1n) is 12.6. The van der Waals surface area contributed by atoms with Crippen LogP contribution in [-0.4, -0.2) is 45.5 Å². The first-order chi connectivity index (χ1) is 19.1. The lowest BCUT2D eigenvalue weighted by Gasteiger charge is -2.07. The molecule has 2 aromatic heterocycles. The number of nitrogens with zero attached hydrogens (tertiary/aromatic N) is 4. The summed E-state index contributed by atoms with van der Waals surface area (Å²) in [5.41, 5.74) is 2.53. The summed E-state index contributed by atoms with van der Waals surface area (Å²) < 4.78 is 17.5. The highest BCUT2D eigenvalue weighted by molar-refractivity contribution is 7.15. The largest absolute Gasteiger partial charge is 0.491 e. The summed E-state index contributed by atoms with van der Waals surface area (Å²) >= 11 is 1.39. The zero-order valence-electron chi connectivity index (χ0n) is 21.3. The topological polar surface area (TPSA) is 119 Å². The zero-order chi connectivity index (χ0) is 27.3. The minimum atomic E-state index is -0.569. The van der Waals surface area contributed by atoms with Gasteiger partial charge in [-0.1, -0.05) is 53.8 Å². The van der Waals surface area contributed by atoms with E-state index in [1.54, 1.807) is 30.3 Å². The molecule has 0 saturated heterocycles. The third-order valence-electron chi connectivity index (χ3n) is 5.59. The van der Waals surface area contributed by atoms with Gasteiger partial charge in [0.05, 0.1) is 18.5 Å². The number of ether oxygens (including phenoxy) is 1. The minimum absolute atomic E-state index is 0.0180. The maximum atomic E-state index is 12.4. The molecule has 2 amide bonds. The van der Waals surface area contributed by atoms with Crippen LogP contribution in [0.4, 0.5) is 15.3 Å². The predicted molar refractivity (Wildman–Crippen MR) is 148 cm³/mol. The van der Waals surface area contributed by atoms with Crippen molar-refractivity contribution in [3.05, 3.63) is 88.6 Å². The van der Waals surface area contributed by atoms with Gasteiger partial charge in [-0.25, -0.2) is 4.39 Å². The highest BCUT2D eigenvalue weighted by Gasteiger charge is 2.10. The van der Waals surface area contributed by atoms with Gasteiger partial charge in [-0.15, -0.1) is 15.3 Å². The molecule has 0 radical (unpaired) electrons. The van der Waals surface area contributed by atoms with Crippen LogP contribution in [0.3, 0.4) is 0 Å². The van der Waals surface area contributed by atoms with E-state index in [2.05, 4.69) is 31.0 Å². The van der Waals surface area contributed by atoms with Crippen LogP contribution in [0.1, 0.15) is 34.7 Å². The van der Waals surface area contributed by atoms with Crippen LogP contribution in [0, 0.1) is 0 Å². The molecule has 0 unspecified atom stereocenters. The number of anilines is 2. The van der Waals surface area contributed by atoms with Crippen LogP contribution < -0.4 is 15.4 Å². The average molecular weight is 549 g/mol. The van der Waals surface area contributed by atoms with E-state index in [0.29, 0.717) is 23.1 Å². The van der Waals surface area contributed by atoms with Crippen LogP contribution >= 0.6 is 11.3 Å². The molecule has 0 bridgehead atoms. The molecule has 2 heterocycles. The van der Waals surface area contributed by atoms with Crippen LogP contribution in [0.5, 0.6) is 5.75 Å². The number of aromatic nitrogens is 4. The lowest BCUT2D eigenvalue weighted by atomic mass is 10.1. The Kier molecular flexibility index (Phi) is 10.4. The number of unbranched alkanes of at least 4 members (excludes halogenated alkanes) is 1. The number of hydrogen-bond donors (Lipinski definition) is 2. The van der Waals surface area contributed by atoms with Gasteiger partial charge in [0.2, 0.25) is 16.9 Å². The molecule has 2 aromatic carbocycles. The molecular weight excluding hydrogens is 519 g/mol.